The van der Waals surface area contributed by atoms with Crippen LogP contribution in [0.2, 0.25) is 0 Å². The molecule has 23 heavy (non-hydrogen) atoms. The highest BCUT2D eigenvalue weighted by atomic mass is 32.2. The minimum atomic E-state index is -3.58. The Morgan fingerprint density at radius 2 is 1.57 bits per heavy atom. The third-order valence-electron chi connectivity index (χ3n) is 3.43. The van der Waals surface area contributed by atoms with Crippen LogP contribution in [0.5, 0.6) is 0 Å². The Kier molecular flexibility index (Phi) is 5.05. The smallest absolute Gasteiger partial charge is 0.245 e. The Bertz CT molecular complexity index is 782. The number of hydrogen-bond donors (Lipinski definition) is 1. The highest BCUT2D eigenvalue weighted by Gasteiger charge is 2.23. The van der Waals surface area contributed by atoms with Crippen LogP contribution in [-0.2, 0) is 14.8 Å². The molecule has 0 bridgehead atoms. The second-order valence-corrected chi connectivity index (χ2v) is 7.33. The number of para-hydroxylation sites is 2. The first kappa shape index (κ1) is 17.0. The van der Waals surface area contributed by atoms with Crippen molar-refractivity contribution in [3.05, 3.63) is 59.7 Å². The zero-order valence-electron chi connectivity index (χ0n) is 13.4. The first-order valence-corrected chi connectivity index (χ1v) is 9.02. The summed E-state index contributed by atoms with van der Waals surface area (Å²) >= 11 is 0. The van der Waals surface area contributed by atoms with Gasteiger partial charge in [0, 0.05) is 5.69 Å². The summed E-state index contributed by atoms with van der Waals surface area (Å²) in [5, 5.41) is 2.71. The van der Waals surface area contributed by atoms with Crippen molar-refractivity contribution in [1.29, 1.82) is 0 Å². The average molecular weight is 332 g/mol. The van der Waals surface area contributed by atoms with Gasteiger partial charge in [0.2, 0.25) is 15.9 Å². The maximum atomic E-state index is 12.2. The topological polar surface area (TPSA) is 66.5 Å². The third-order valence-corrected chi connectivity index (χ3v) is 4.55. The SMILES string of the molecule is Cc1cccc(C)c1N(CC(=O)Nc1ccccc1)S(C)(=O)=O. The van der Waals surface area contributed by atoms with Crippen molar-refractivity contribution in [3.8, 4) is 0 Å². The van der Waals surface area contributed by atoms with E-state index in [0.717, 1.165) is 21.7 Å². The molecule has 0 radical (unpaired) electrons. The number of amides is 1. The Balaban J connectivity index is 2.29. The fourth-order valence-corrected chi connectivity index (χ4v) is 3.39. The van der Waals surface area contributed by atoms with Gasteiger partial charge in [-0.2, -0.15) is 0 Å². The van der Waals surface area contributed by atoms with Crippen LogP contribution in [0, 0.1) is 13.8 Å². The molecule has 1 N–H and O–H groups in total. The van der Waals surface area contributed by atoms with Gasteiger partial charge in [0.1, 0.15) is 6.54 Å². The lowest BCUT2D eigenvalue weighted by Crippen LogP contribution is -2.38. The number of sulfonamides is 1. The molecule has 1 amide bonds. The van der Waals surface area contributed by atoms with Crippen LogP contribution in [-0.4, -0.2) is 27.1 Å². The molecule has 0 saturated carbocycles. The van der Waals surface area contributed by atoms with Crippen molar-refractivity contribution < 1.29 is 13.2 Å². The molecule has 122 valence electrons. The van der Waals surface area contributed by atoms with Crippen LogP contribution < -0.4 is 9.62 Å². The van der Waals surface area contributed by atoms with Crippen LogP contribution in [0.1, 0.15) is 11.1 Å². The largest absolute Gasteiger partial charge is 0.325 e. The summed E-state index contributed by atoms with van der Waals surface area (Å²) < 4.78 is 25.5. The van der Waals surface area contributed by atoms with E-state index in [4.69, 9.17) is 0 Å². The van der Waals surface area contributed by atoms with Crippen molar-refractivity contribution in [1.82, 2.24) is 0 Å². The lowest BCUT2D eigenvalue weighted by Gasteiger charge is -2.25. The van der Waals surface area contributed by atoms with E-state index in [2.05, 4.69) is 5.32 Å². The van der Waals surface area contributed by atoms with E-state index in [1.807, 2.05) is 38.1 Å². The van der Waals surface area contributed by atoms with E-state index >= 15 is 0 Å². The van der Waals surface area contributed by atoms with Gasteiger partial charge in [-0.25, -0.2) is 8.42 Å². The summed E-state index contributed by atoms with van der Waals surface area (Å²) in [5.74, 6) is -0.385. The molecular formula is C17H20N2O3S. The van der Waals surface area contributed by atoms with Gasteiger partial charge in [0.05, 0.1) is 11.9 Å². The van der Waals surface area contributed by atoms with Gasteiger partial charge in [0.15, 0.2) is 0 Å². The number of rotatable bonds is 5. The van der Waals surface area contributed by atoms with E-state index < -0.39 is 10.0 Å². The summed E-state index contributed by atoms with van der Waals surface area (Å²) in [7, 11) is -3.58. The summed E-state index contributed by atoms with van der Waals surface area (Å²) in [4.78, 5) is 12.2. The molecule has 0 aliphatic rings. The number of nitrogens with one attached hydrogen (secondary N) is 1. The predicted octanol–water partition coefficient (Wildman–Crippen LogP) is 2.71. The summed E-state index contributed by atoms with van der Waals surface area (Å²) in [6.45, 7) is 3.39. The van der Waals surface area contributed by atoms with Gasteiger partial charge < -0.3 is 5.32 Å². The number of carbonyl (C=O) groups is 1. The van der Waals surface area contributed by atoms with Crippen LogP contribution in [0.15, 0.2) is 48.5 Å². The number of benzene rings is 2. The van der Waals surface area contributed by atoms with Gasteiger partial charge in [-0.05, 0) is 37.1 Å². The molecule has 6 heteroatoms. The van der Waals surface area contributed by atoms with Crippen molar-refractivity contribution in [2.45, 2.75) is 13.8 Å². The van der Waals surface area contributed by atoms with Crippen molar-refractivity contribution >= 4 is 27.3 Å². The summed E-state index contributed by atoms with van der Waals surface area (Å²) in [6.07, 6.45) is 1.11. The van der Waals surface area contributed by atoms with Crippen molar-refractivity contribution in [3.63, 3.8) is 0 Å². The third kappa shape index (κ3) is 4.32. The van der Waals surface area contributed by atoms with E-state index in [-0.39, 0.29) is 12.5 Å². The molecule has 0 atom stereocenters. The lowest BCUT2D eigenvalue weighted by molar-refractivity contribution is -0.114. The van der Waals surface area contributed by atoms with Crippen LogP contribution in [0.3, 0.4) is 0 Å². The van der Waals surface area contributed by atoms with Crippen LogP contribution in [0.4, 0.5) is 11.4 Å². The number of nitrogens with zero attached hydrogens (tertiary/aromatic N) is 1. The van der Waals surface area contributed by atoms with Crippen molar-refractivity contribution in [2.24, 2.45) is 0 Å². The van der Waals surface area contributed by atoms with Crippen molar-refractivity contribution in [2.75, 3.05) is 22.4 Å². The number of aryl methyl sites for hydroxylation is 2. The number of hydrogen-bond acceptors (Lipinski definition) is 3. The molecule has 0 aliphatic carbocycles. The van der Waals surface area contributed by atoms with E-state index in [9.17, 15) is 13.2 Å². The summed E-state index contributed by atoms with van der Waals surface area (Å²) in [5.41, 5.74) is 2.80. The molecule has 2 aromatic rings. The molecular weight excluding hydrogens is 312 g/mol. The van der Waals surface area contributed by atoms with Crippen LogP contribution in [0.25, 0.3) is 0 Å². The Morgan fingerprint density at radius 3 is 2.09 bits per heavy atom. The van der Waals surface area contributed by atoms with E-state index in [1.54, 1.807) is 24.3 Å². The average Bonchev–Trinajstić information content (AvgIpc) is 2.46. The molecule has 0 aromatic heterocycles. The maximum Gasteiger partial charge on any atom is 0.245 e. The van der Waals surface area contributed by atoms with Gasteiger partial charge in [-0.1, -0.05) is 36.4 Å². The molecule has 5 nitrogen and oxygen atoms in total. The highest BCUT2D eigenvalue weighted by Crippen LogP contribution is 2.26. The van der Waals surface area contributed by atoms with Gasteiger partial charge in [-0.15, -0.1) is 0 Å². The normalized spacial score (nSPS) is 11.1. The monoisotopic (exact) mass is 332 g/mol. The standard InChI is InChI=1S/C17H20N2O3S/c1-13-8-7-9-14(2)17(13)19(23(3,21)22)12-16(20)18-15-10-5-4-6-11-15/h4-11H,12H2,1-3H3,(H,18,20). The number of anilines is 2. The molecule has 2 rings (SSSR count). The molecule has 0 fully saturated rings. The lowest BCUT2D eigenvalue weighted by atomic mass is 10.1. The molecule has 0 spiro atoms. The van der Waals surface area contributed by atoms with Gasteiger partial charge in [0.25, 0.3) is 0 Å². The maximum absolute atomic E-state index is 12.2. The van der Waals surface area contributed by atoms with E-state index in [1.165, 1.54) is 0 Å². The Morgan fingerprint density at radius 1 is 1.00 bits per heavy atom. The first-order valence-electron chi connectivity index (χ1n) is 7.18. The predicted molar refractivity (Wildman–Crippen MR) is 93.2 cm³/mol. The van der Waals surface area contributed by atoms with Gasteiger partial charge >= 0.3 is 0 Å². The molecule has 0 saturated heterocycles. The second-order valence-electron chi connectivity index (χ2n) is 5.42. The van der Waals surface area contributed by atoms with E-state index in [0.29, 0.717) is 11.4 Å². The molecule has 2 aromatic carbocycles. The Hall–Kier alpha value is -2.34. The van der Waals surface area contributed by atoms with Gasteiger partial charge in [-0.3, -0.25) is 9.10 Å². The first-order chi connectivity index (χ1) is 10.8. The molecule has 0 aliphatic heterocycles. The number of carbonyl (C=O) groups excluding carboxylic acids is 1. The second kappa shape index (κ2) is 6.83. The quantitative estimate of drug-likeness (QED) is 0.915. The molecule has 0 heterocycles. The van der Waals surface area contributed by atoms with Crippen LogP contribution >= 0.6 is 0 Å². The Labute approximate surface area is 137 Å². The molecule has 0 unspecified atom stereocenters. The zero-order valence-corrected chi connectivity index (χ0v) is 14.2. The highest BCUT2D eigenvalue weighted by molar-refractivity contribution is 7.92. The minimum Gasteiger partial charge on any atom is -0.325 e. The minimum absolute atomic E-state index is 0.264. The zero-order chi connectivity index (χ0) is 17.0. The fraction of sp³-hybridized carbons (Fsp3) is 0.235. The summed E-state index contributed by atoms with van der Waals surface area (Å²) in [6, 6.07) is 14.5. The fourth-order valence-electron chi connectivity index (χ4n) is 2.41.